The topological polar surface area (TPSA) is 20.3 Å². The molecule has 0 radical (unpaired) electrons. The number of carbonyl (C=O) groups excluding carboxylic acids is 1. The summed E-state index contributed by atoms with van der Waals surface area (Å²) in [6.07, 6.45) is 1.19. The van der Waals surface area contributed by atoms with Crippen LogP contribution in [0.2, 0.25) is 0 Å². The molecular formula is C14H21NO. The van der Waals surface area contributed by atoms with Crippen LogP contribution in [0.5, 0.6) is 0 Å². The summed E-state index contributed by atoms with van der Waals surface area (Å²) in [5.41, 5.74) is 2.35. The molecule has 0 heterocycles. The molecule has 0 saturated heterocycles. The Kier molecular flexibility index (Phi) is 5.03. The predicted octanol–water partition coefficient (Wildman–Crippen LogP) is 3.05. The molecule has 88 valence electrons. The van der Waals surface area contributed by atoms with Crippen LogP contribution in [0.4, 0.5) is 5.69 Å². The number of rotatable bonds is 6. The third-order valence-electron chi connectivity index (χ3n) is 2.86. The van der Waals surface area contributed by atoms with Crippen LogP contribution in [0.3, 0.4) is 0 Å². The van der Waals surface area contributed by atoms with Gasteiger partial charge >= 0.3 is 0 Å². The van der Waals surface area contributed by atoms with Crippen LogP contribution in [0.15, 0.2) is 24.3 Å². The summed E-state index contributed by atoms with van der Waals surface area (Å²) >= 11 is 0. The summed E-state index contributed by atoms with van der Waals surface area (Å²) in [6, 6.07) is 8.32. The number of Topliss-reactive ketones (excluding diaryl/α,β-unsaturated/α-hetero) is 1. The van der Waals surface area contributed by atoms with E-state index in [-0.39, 0.29) is 0 Å². The molecule has 0 aliphatic carbocycles. The predicted molar refractivity (Wildman–Crippen MR) is 69.0 cm³/mol. The quantitative estimate of drug-likeness (QED) is 0.733. The third kappa shape index (κ3) is 3.37. The summed E-state index contributed by atoms with van der Waals surface area (Å²) in [6.45, 7) is 8.25. The number of ketones is 1. The van der Waals surface area contributed by atoms with Crippen molar-refractivity contribution in [1.82, 2.24) is 0 Å². The summed E-state index contributed by atoms with van der Waals surface area (Å²) in [4.78, 5) is 13.6. The SMILES string of the molecule is CCC(=O)Cc1ccc(N(CC)CC)cc1. The van der Waals surface area contributed by atoms with Crippen LogP contribution >= 0.6 is 0 Å². The highest BCUT2D eigenvalue weighted by atomic mass is 16.1. The second-order valence-electron chi connectivity index (χ2n) is 3.91. The molecule has 0 saturated carbocycles. The number of benzene rings is 1. The molecule has 0 aromatic heterocycles. The van der Waals surface area contributed by atoms with Gasteiger partial charge in [-0.2, -0.15) is 0 Å². The Balaban J connectivity index is 2.70. The van der Waals surface area contributed by atoms with E-state index >= 15 is 0 Å². The van der Waals surface area contributed by atoms with Crippen molar-refractivity contribution in [1.29, 1.82) is 0 Å². The van der Waals surface area contributed by atoms with E-state index in [4.69, 9.17) is 0 Å². The largest absolute Gasteiger partial charge is 0.372 e. The van der Waals surface area contributed by atoms with E-state index in [2.05, 4.69) is 43.0 Å². The van der Waals surface area contributed by atoms with Crippen molar-refractivity contribution in [3.8, 4) is 0 Å². The molecule has 2 nitrogen and oxygen atoms in total. The maximum absolute atomic E-state index is 11.3. The van der Waals surface area contributed by atoms with Crippen LogP contribution in [-0.4, -0.2) is 18.9 Å². The van der Waals surface area contributed by atoms with Crippen LogP contribution in [0.1, 0.15) is 32.8 Å². The molecule has 1 rings (SSSR count). The number of hydrogen-bond donors (Lipinski definition) is 0. The fourth-order valence-corrected chi connectivity index (χ4v) is 1.77. The molecule has 1 aromatic carbocycles. The minimum absolute atomic E-state index is 0.301. The highest BCUT2D eigenvalue weighted by Gasteiger charge is 2.03. The van der Waals surface area contributed by atoms with Gasteiger partial charge in [0.05, 0.1) is 0 Å². The Morgan fingerprint density at radius 3 is 2.06 bits per heavy atom. The van der Waals surface area contributed by atoms with Gasteiger partial charge in [0.1, 0.15) is 5.78 Å². The van der Waals surface area contributed by atoms with Gasteiger partial charge in [-0.05, 0) is 31.5 Å². The van der Waals surface area contributed by atoms with Crippen molar-refractivity contribution in [2.45, 2.75) is 33.6 Å². The van der Waals surface area contributed by atoms with Gasteiger partial charge in [-0.3, -0.25) is 4.79 Å². The van der Waals surface area contributed by atoms with Crippen molar-refractivity contribution >= 4 is 11.5 Å². The molecule has 0 spiro atoms. The zero-order valence-electron chi connectivity index (χ0n) is 10.5. The van der Waals surface area contributed by atoms with Crippen LogP contribution in [-0.2, 0) is 11.2 Å². The number of anilines is 1. The van der Waals surface area contributed by atoms with Gasteiger partial charge in [-0.25, -0.2) is 0 Å². The lowest BCUT2D eigenvalue weighted by Crippen LogP contribution is -2.21. The lowest BCUT2D eigenvalue weighted by atomic mass is 10.1. The van der Waals surface area contributed by atoms with Crippen molar-refractivity contribution < 1.29 is 4.79 Å². The van der Waals surface area contributed by atoms with Gasteiger partial charge in [0.2, 0.25) is 0 Å². The molecule has 0 atom stereocenters. The number of nitrogens with zero attached hydrogens (tertiary/aromatic N) is 1. The van der Waals surface area contributed by atoms with E-state index in [9.17, 15) is 4.79 Å². The monoisotopic (exact) mass is 219 g/mol. The molecule has 16 heavy (non-hydrogen) atoms. The highest BCUT2D eigenvalue weighted by molar-refractivity contribution is 5.80. The number of hydrogen-bond acceptors (Lipinski definition) is 2. The average Bonchev–Trinajstić information content (AvgIpc) is 2.32. The molecule has 0 fully saturated rings. The maximum Gasteiger partial charge on any atom is 0.136 e. The fraction of sp³-hybridized carbons (Fsp3) is 0.500. The standard InChI is InChI=1S/C14H21NO/c1-4-14(16)11-12-7-9-13(10-8-12)15(5-2)6-3/h7-10H,4-6,11H2,1-3H3. The maximum atomic E-state index is 11.3. The molecule has 0 unspecified atom stereocenters. The Morgan fingerprint density at radius 1 is 1.06 bits per heavy atom. The van der Waals surface area contributed by atoms with E-state index in [1.54, 1.807) is 0 Å². The zero-order valence-corrected chi connectivity index (χ0v) is 10.5. The Hall–Kier alpha value is -1.31. The average molecular weight is 219 g/mol. The molecule has 1 aromatic rings. The minimum Gasteiger partial charge on any atom is -0.372 e. The lowest BCUT2D eigenvalue weighted by Gasteiger charge is -2.21. The third-order valence-corrected chi connectivity index (χ3v) is 2.86. The van der Waals surface area contributed by atoms with E-state index < -0.39 is 0 Å². The molecule has 2 heteroatoms. The zero-order chi connectivity index (χ0) is 12.0. The molecular weight excluding hydrogens is 198 g/mol. The first kappa shape index (κ1) is 12.8. The molecule has 0 aliphatic rings. The van der Waals surface area contributed by atoms with Crippen LogP contribution in [0.25, 0.3) is 0 Å². The van der Waals surface area contributed by atoms with Gasteiger partial charge in [0.25, 0.3) is 0 Å². The highest BCUT2D eigenvalue weighted by Crippen LogP contribution is 2.15. The minimum atomic E-state index is 0.301. The van der Waals surface area contributed by atoms with Gasteiger partial charge < -0.3 is 4.90 Å². The smallest absolute Gasteiger partial charge is 0.136 e. The molecule has 0 bridgehead atoms. The van der Waals surface area contributed by atoms with Gasteiger partial charge in [-0.15, -0.1) is 0 Å². The van der Waals surface area contributed by atoms with Crippen LogP contribution < -0.4 is 4.90 Å². The Labute approximate surface area is 98.3 Å². The van der Waals surface area contributed by atoms with E-state index in [0.29, 0.717) is 18.6 Å². The second kappa shape index (κ2) is 6.31. The molecule has 0 aliphatic heterocycles. The van der Waals surface area contributed by atoms with Gasteiger partial charge in [0, 0.05) is 31.6 Å². The van der Waals surface area contributed by atoms with Crippen molar-refractivity contribution in [2.75, 3.05) is 18.0 Å². The first-order valence-electron chi connectivity index (χ1n) is 6.06. The fourth-order valence-electron chi connectivity index (χ4n) is 1.77. The second-order valence-corrected chi connectivity index (χ2v) is 3.91. The van der Waals surface area contributed by atoms with E-state index in [0.717, 1.165) is 18.7 Å². The normalized spacial score (nSPS) is 10.2. The first-order chi connectivity index (χ1) is 7.71. The van der Waals surface area contributed by atoms with Crippen molar-refractivity contribution in [3.63, 3.8) is 0 Å². The van der Waals surface area contributed by atoms with Gasteiger partial charge in [0.15, 0.2) is 0 Å². The lowest BCUT2D eigenvalue weighted by molar-refractivity contribution is -0.118. The summed E-state index contributed by atoms with van der Waals surface area (Å²) < 4.78 is 0. The van der Waals surface area contributed by atoms with E-state index in [1.807, 2.05) is 6.92 Å². The van der Waals surface area contributed by atoms with Crippen LogP contribution in [0, 0.1) is 0 Å². The summed E-state index contributed by atoms with van der Waals surface area (Å²) in [7, 11) is 0. The molecule has 0 amide bonds. The summed E-state index contributed by atoms with van der Waals surface area (Å²) in [5.74, 6) is 0.301. The molecule has 0 N–H and O–H groups in total. The summed E-state index contributed by atoms with van der Waals surface area (Å²) in [5, 5.41) is 0. The Morgan fingerprint density at radius 2 is 1.62 bits per heavy atom. The van der Waals surface area contributed by atoms with Crippen molar-refractivity contribution in [2.24, 2.45) is 0 Å². The Bertz CT molecular complexity index is 325. The van der Waals surface area contributed by atoms with Gasteiger partial charge in [-0.1, -0.05) is 19.1 Å². The van der Waals surface area contributed by atoms with Crippen molar-refractivity contribution in [3.05, 3.63) is 29.8 Å². The number of carbonyl (C=O) groups is 1. The first-order valence-corrected chi connectivity index (χ1v) is 6.06. The van der Waals surface area contributed by atoms with E-state index in [1.165, 1.54) is 5.69 Å².